The second-order valence-corrected chi connectivity index (χ2v) is 6.74. The molecule has 1 aliphatic rings. The molecule has 5 heteroatoms. The fourth-order valence-corrected chi connectivity index (χ4v) is 3.40. The van der Waals surface area contributed by atoms with Crippen LogP contribution in [-0.4, -0.2) is 28.8 Å². The van der Waals surface area contributed by atoms with E-state index in [1.165, 1.54) is 0 Å². The van der Waals surface area contributed by atoms with E-state index in [4.69, 9.17) is 0 Å². The van der Waals surface area contributed by atoms with Gasteiger partial charge in [0.15, 0.2) is 0 Å². The summed E-state index contributed by atoms with van der Waals surface area (Å²) in [5.41, 5.74) is 2.66. The molecular formula is C19H26N4O. The minimum Gasteiger partial charge on any atom is -0.324 e. The number of nitrogens with zero attached hydrogens (tertiary/aromatic N) is 2. The van der Waals surface area contributed by atoms with Crippen LogP contribution < -0.4 is 10.6 Å². The Balaban J connectivity index is 1.66. The zero-order valence-corrected chi connectivity index (χ0v) is 14.5. The van der Waals surface area contributed by atoms with E-state index in [0.29, 0.717) is 18.3 Å². The number of carbonyl (C=O) groups excluding carboxylic acids is 1. The van der Waals surface area contributed by atoms with Gasteiger partial charge in [-0.25, -0.2) is 4.68 Å². The van der Waals surface area contributed by atoms with E-state index in [1.807, 2.05) is 43.5 Å². The molecule has 5 nitrogen and oxygen atoms in total. The predicted molar refractivity (Wildman–Crippen MR) is 96.3 cm³/mol. The highest BCUT2D eigenvalue weighted by molar-refractivity contribution is 5.92. The summed E-state index contributed by atoms with van der Waals surface area (Å²) in [4.78, 5) is 12.5. The summed E-state index contributed by atoms with van der Waals surface area (Å²) in [5.74, 6) is 1.13. The molecule has 0 bridgehead atoms. The Morgan fingerprint density at radius 2 is 2.08 bits per heavy atom. The van der Waals surface area contributed by atoms with Crippen molar-refractivity contribution in [1.82, 2.24) is 15.1 Å². The van der Waals surface area contributed by atoms with Crippen molar-refractivity contribution >= 4 is 11.6 Å². The molecule has 0 aliphatic carbocycles. The smallest absolute Gasteiger partial charge is 0.224 e. The van der Waals surface area contributed by atoms with Crippen LogP contribution in [0.4, 0.5) is 5.69 Å². The largest absolute Gasteiger partial charge is 0.324 e. The zero-order valence-electron chi connectivity index (χ0n) is 14.5. The Bertz CT molecular complexity index is 688. The van der Waals surface area contributed by atoms with E-state index in [9.17, 15) is 4.79 Å². The second-order valence-electron chi connectivity index (χ2n) is 6.74. The van der Waals surface area contributed by atoms with Gasteiger partial charge in [-0.2, -0.15) is 5.10 Å². The van der Waals surface area contributed by atoms with E-state index in [0.717, 1.165) is 43.0 Å². The first-order chi connectivity index (χ1) is 11.6. The quantitative estimate of drug-likeness (QED) is 0.887. The number of benzene rings is 1. The van der Waals surface area contributed by atoms with E-state index in [-0.39, 0.29) is 5.91 Å². The average Bonchev–Trinajstić information content (AvgIpc) is 3.02. The monoisotopic (exact) mass is 326 g/mol. The lowest BCUT2D eigenvalue weighted by Crippen LogP contribution is -2.32. The number of hydrogen-bond donors (Lipinski definition) is 2. The normalized spacial score (nSPS) is 16.8. The molecule has 3 rings (SSSR count). The third-order valence-corrected chi connectivity index (χ3v) is 4.84. The number of rotatable bonds is 5. The molecule has 2 heterocycles. The first kappa shape index (κ1) is 16.7. The van der Waals surface area contributed by atoms with Gasteiger partial charge in [-0.3, -0.25) is 4.79 Å². The maximum absolute atomic E-state index is 12.5. The van der Waals surface area contributed by atoms with Crippen molar-refractivity contribution in [2.45, 2.75) is 33.1 Å². The van der Waals surface area contributed by atoms with Crippen LogP contribution >= 0.6 is 0 Å². The molecular weight excluding hydrogens is 300 g/mol. The topological polar surface area (TPSA) is 59.0 Å². The highest BCUT2D eigenvalue weighted by Gasteiger charge is 2.22. The first-order valence-electron chi connectivity index (χ1n) is 8.75. The predicted octanol–water partition coefficient (Wildman–Crippen LogP) is 3.15. The van der Waals surface area contributed by atoms with Crippen molar-refractivity contribution < 1.29 is 4.79 Å². The van der Waals surface area contributed by atoms with E-state index < -0.39 is 0 Å². The van der Waals surface area contributed by atoms with Crippen molar-refractivity contribution in [2.75, 3.05) is 18.4 Å². The van der Waals surface area contributed by atoms with Crippen LogP contribution in [0.2, 0.25) is 0 Å². The standard InChI is InChI=1S/C19H26N4O/c1-14(16-7-10-20-11-8-16)13-19(24)21-17-5-3-4-6-18(17)23-12-9-15(2)22-23/h3-6,9,12,14,16,20H,7-8,10-11,13H2,1-2H3,(H,21,24). The molecule has 0 radical (unpaired) electrons. The number of nitrogens with one attached hydrogen (secondary N) is 2. The number of carbonyl (C=O) groups is 1. The van der Waals surface area contributed by atoms with Crippen molar-refractivity contribution in [3.05, 3.63) is 42.2 Å². The Morgan fingerprint density at radius 1 is 1.33 bits per heavy atom. The molecule has 24 heavy (non-hydrogen) atoms. The average molecular weight is 326 g/mol. The molecule has 1 unspecified atom stereocenters. The molecule has 1 saturated heterocycles. The number of anilines is 1. The third kappa shape index (κ3) is 4.03. The first-order valence-corrected chi connectivity index (χ1v) is 8.75. The van der Waals surface area contributed by atoms with E-state index in [1.54, 1.807) is 4.68 Å². The van der Waals surface area contributed by atoms with E-state index >= 15 is 0 Å². The number of para-hydroxylation sites is 2. The number of amides is 1. The number of hydrogen-bond acceptors (Lipinski definition) is 3. The number of piperidine rings is 1. The summed E-state index contributed by atoms with van der Waals surface area (Å²) in [5, 5.41) is 10.9. The fraction of sp³-hybridized carbons (Fsp3) is 0.474. The molecule has 0 saturated carbocycles. The highest BCUT2D eigenvalue weighted by Crippen LogP contribution is 2.25. The Hall–Kier alpha value is -2.14. The molecule has 1 aromatic carbocycles. The highest BCUT2D eigenvalue weighted by atomic mass is 16.1. The van der Waals surface area contributed by atoms with Crippen molar-refractivity contribution in [2.24, 2.45) is 11.8 Å². The lowest BCUT2D eigenvalue weighted by molar-refractivity contribution is -0.117. The SMILES string of the molecule is Cc1ccn(-c2ccccc2NC(=O)CC(C)C2CCNCC2)n1. The van der Waals surface area contributed by atoms with Crippen LogP contribution in [0.3, 0.4) is 0 Å². The molecule has 1 atom stereocenters. The minimum absolute atomic E-state index is 0.0809. The van der Waals surface area contributed by atoms with Crippen LogP contribution in [0, 0.1) is 18.8 Å². The fourth-order valence-electron chi connectivity index (χ4n) is 3.40. The van der Waals surface area contributed by atoms with Crippen molar-refractivity contribution in [3.63, 3.8) is 0 Å². The van der Waals surface area contributed by atoms with Gasteiger partial charge in [-0.05, 0) is 62.9 Å². The summed E-state index contributed by atoms with van der Waals surface area (Å²) < 4.78 is 1.81. The van der Waals surface area contributed by atoms with Crippen LogP contribution in [-0.2, 0) is 4.79 Å². The molecule has 1 aromatic heterocycles. The Labute approximate surface area is 143 Å². The van der Waals surface area contributed by atoms with Crippen molar-refractivity contribution in [1.29, 1.82) is 0 Å². The number of aryl methyl sites for hydroxylation is 1. The van der Waals surface area contributed by atoms with Crippen LogP contribution in [0.25, 0.3) is 5.69 Å². The summed E-state index contributed by atoms with van der Waals surface area (Å²) in [6, 6.07) is 9.75. The molecule has 2 aromatic rings. The van der Waals surface area contributed by atoms with Gasteiger partial charge >= 0.3 is 0 Å². The van der Waals surface area contributed by atoms with Crippen molar-refractivity contribution in [3.8, 4) is 5.69 Å². The minimum atomic E-state index is 0.0809. The van der Waals surface area contributed by atoms with Gasteiger partial charge in [0.05, 0.1) is 17.1 Å². The van der Waals surface area contributed by atoms with Crippen LogP contribution in [0.15, 0.2) is 36.5 Å². The molecule has 128 valence electrons. The van der Waals surface area contributed by atoms with Gasteiger partial charge in [-0.1, -0.05) is 19.1 Å². The summed E-state index contributed by atoms with van der Waals surface area (Å²) in [7, 11) is 0. The molecule has 1 amide bonds. The van der Waals surface area contributed by atoms with Gasteiger partial charge < -0.3 is 10.6 Å². The maximum atomic E-state index is 12.5. The van der Waals surface area contributed by atoms with E-state index in [2.05, 4.69) is 22.7 Å². The van der Waals surface area contributed by atoms with Crippen LogP contribution in [0.1, 0.15) is 31.9 Å². The Kier molecular flexibility index (Phi) is 5.30. The molecule has 2 N–H and O–H groups in total. The lowest BCUT2D eigenvalue weighted by atomic mass is 9.84. The molecule has 1 aliphatic heterocycles. The zero-order chi connectivity index (χ0) is 16.9. The lowest BCUT2D eigenvalue weighted by Gasteiger charge is -2.28. The van der Waals surface area contributed by atoms with Gasteiger partial charge in [0, 0.05) is 12.6 Å². The van der Waals surface area contributed by atoms with Crippen LogP contribution in [0.5, 0.6) is 0 Å². The molecule has 1 fully saturated rings. The van der Waals surface area contributed by atoms with Gasteiger partial charge in [0.1, 0.15) is 0 Å². The number of aromatic nitrogens is 2. The Morgan fingerprint density at radius 3 is 2.79 bits per heavy atom. The summed E-state index contributed by atoms with van der Waals surface area (Å²) >= 11 is 0. The van der Waals surface area contributed by atoms with Gasteiger partial charge in [0.2, 0.25) is 5.91 Å². The molecule has 0 spiro atoms. The summed E-state index contributed by atoms with van der Waals surface area (Å²) in [6.45, 7) is 6.28. The maximum Gasteiger partial charge on any atom is 0.224 e. The van der Waals surface area contributed by atoms with Gasteiger partial charge in [-0.15, -0.1) is 0 Å². The van der Waals surface area contributed by atoms with Gasteiger partial charge in [0.25, 0.3) is 0 Å². The second kappa shape index (κ2) is 7.62. The summed E-state index contributed by atoms with van der Waals surface area (Å²) in [6.07, 6.45) is 4.81. The third-order valence-electron chi connectivity index (χ3n) is 4.84.